The van der Waals surface area contributed by atoms with Crippen LogP contribution in [0.25, 0.3) is 11.4 Å². The summed E-state index contributed by atoms with van der Waals surface area (Å²) in [7, 11) is 0. The van der Waals surface area contributed by atoms with Crippen LogP contribution in [0.5, 0.6) is 0 Å². The second kappa shape index (κ2) is 9.59. The Balaban J connectivity index is 1.75. The molecule has 7 heteroatoms. The molecule has 0 aliphatic heterocycles. The van der Waals surface area contributed by atoms with Gasteiger partial charge in [-0.25, -0.2) is 0 Å². The molecule has 0 radical (unpaired) electrons. The SMILES string of the molecule is CCCn1c(SCC(=O)Nc2cc(C)cc(C)c2)nnc1-c1csc(C)c1CC. The van der Waals surface area contributed by atoms with Crippen molar-refractivity contribution in [2.24, 2.45) is 0 Å². The lowest BCUT2D eigenvalue weighted by molar-refractivity contribution is -0.113. The van der Waals surface area contributed by atoms with Crippen LogP contribution in [0.15, 0.2) is 28.7 Å². The highest BCUT2D eigenvalue weighted by Crippen LogP contribution is 2.32. The summed E-state index contributed by atoms with van der Waals surface area (Å²) in [5.74, 6) is 1.18. The van der Waals surface area contributed by atoms with Crippen molar-refractivity contribution in [2.75, 3.05) is 11.1 Å². The fraction of sp³-hybridized carbons (Fsp3) is 0.409. The average molecular weight is 429 g/mol. The number of carbonyl (C=O) groups is 1. The Hall–Kier alpha value is -2.12. The highest BCUT2D eigenvalue weighted by molar-refractivity contribution is 7.99. The standard InChI is InChI=1S/C22H28N4OS2/c1-6-8-26-21(19-12-28-16(5)18(19)7-2)24-25-22(26)29-13-20(27)23-17-10-14(3)9-15(4)11-17/h9-12H,6-8,13H2,1-5H3,(H,23,27). The number of hydrogen-bond acceptors (Lipinski definition) is 5. The van der Waals surface area contributed by atoms with Crippen LogP contribution in [0.3, 0.4) is 0 Å². The van der Waals surface area contributed by atoms with Gasteiger partial charge < -0.3 is 9.88 Å². The first kappa shape index (κ1) is 21.6. The maximum Gasteiger partial charge on any atom is 0.234 e. The van der Waals surface area contributed by atoms with Crippen molar-refractivity contribution in [1.29, 1.82) is 0 Å². The molecule has 2 heterocycles. The van der Waals surface area contributed by atoms with Crippen LogP contribution in [-0.4, -0.2) is 26.4 Å². The molecule has 0 aliphatic rings. The molecule has 0 saturated carbocycles. The smallest absolute Gasteiger partial charge is 0.234 e. The average Bonchev–Trinajstić information content (AvgIpc) is 3.22. The van der Waals surface area contributed by atoms with Gasteiger partial charge in [0, 0.05) is 28.1 Å². The fourth-order valence-corrected chi connectivity index (χ4v) is 5.20. The molecule has 3 aromatic rings. The molecule has 2 aromatic heterocycles. The summed E-state index contributed by atoms with van der Waals surface area (Å²) in [6, 6.07) is 6.06. The number of rotatable bonds is 8. The Morgan fingerprint density at radius 1 is 1.14 bits per heavy atom. The molecule has 0 atom stereocenters. The topological polar surface area (TPSA) is 59.8 Å². The van der Waals surface area contributed by atoms with Crippen LogP contribution in [0.2, 0.25) is 0 Å². The van der Waals surface area contributed by atoms with Crippen molar-refractivity contribution in [3.8, 4) is 11.4 Å². The third kappa shape index (κ3) is 5.08. The normalized spacial score (nSPS) is 11.1. The molecule has 5 nitrogen and oxygen atoms in total. The zero-order valence-corrected chi connectivity index (χ0v) is 19.3. The maximum absolute atomic E-state index is 12.5. The molecule has 0 unspecified atom stereocenters. The number of benzene rings is 1. The first-order valence-corrected chi connectivity index (χ1v) is 11.8. The van der Waals surface area contributed by atoms with Gasteiger partial charge in [-0.1, -0.05) is 31.7 Å². The Morgan fingerprint density at radius 3 is 2.52 bits per heavy atom. The Bertz CT molecular complexity index is 986. The minimum atomic E-state index is -0.0341. The van der Waals surface area contributed by atoms with Crippen LogP contribution >= 0.6 is 23.1 Å². The van der Waals surface area contributed by atoms with E-state index in [2.05, 4.69) is 52.3 Å². The van der Waals surface area contributed by atoms with E-state index in [-0.39, 0.29) is 5.91 Å². The Kier molecular flexibility index (Phi) is 7.14. The van der Waals surface area contributed by atoms with Crippen LogP contribution in [0.4, 0.5) is 5.69 Å². The monoisotopic (exact) mass is 428 g/mol. The van der Waals surface area contributed by atoms with E-state index in [9.17, 15) is 4.79 Å². The Morgan fingerprint density at radius 2 is 1.86 bits per heavy atom. The summed E-state index contributed by atoms with van der Waals surface area (Å²) in [5.41, 5.74) is 5.62. The number of nitrogens with zero attached hydrogens (tertiary/aromatic N) is 3. The molecule has 0 spiro atoms. The fourth-order valence-electron chi connectivity index (χ4n) is 3.50. The van der Waals surface area contributed by atoms with Crippen LogP contribution in [-0.2, 0) is 17.8 Å². The number of thioether (sulfide) groups is 1. The van der Waals surface area contributed by atoms with Crippen molar-refractivity contribution >= 4 is 34.7 Å². The molecular formula is C22H28N4OS2. The van der Waals surface area contributed by atoms with E-state index in [0.717, 1.165) is 47.2 Å². The minimum absolute atomic E-state index is 0.0341. The summed E-state index contributed by atoms with van der Waals surface area (Å²) in [6.45, 7) is 11.4. The second-order valence-corrected chi connectivity index (χ2v) is 9.24. The molecular weight excluding hydrogens is 400 g/mol. The van der Waals surface area contributed by atoms with Crippen LogP contribution < -0.4 is 5.32 Å². The van der Waals surface area contributed by atoms with E-state index in [0.29, 0.717) is 5.75 Å². The van der Waals surface area contributed by atoms with Gasteiger partial charge >= 0.3 is 0 Å². The minimum Gasteiger partial charge on any atom is -0.325 e. The molecule has 3 rings (SSSR count). The van der Waals surface area contributed by atoms with Crippen LogP contribution in [0, 0.1) is 20.8 Å². The first-order chi connectivity index (χ1) is 13.9. The number of anilines is 1. The van der Waals surface area contributed by atoms with Crippen molar-refractivity contribution in [3.63, 3.8) is 0 Å². The number of thiophene rings is 1. The van der Waals surface area contributed by atoms with Gasteiger partial charge in [-0.3, -0.25) is 4.79 Å². The van der Waals surface area contributed by atoms with Gasteiger partial charge in [0.05, 0.1) is 5.75 Å². The van der Waals surface area contributed by atoms with Gasteiger partial charge in [-0.2, -0.15) is 0 Å². The number of hydrogen-bond donors (Lipinski definition) is 1. The first-order valence-electron chi connectivity index (χ1n) is 9.94. The van der Waals surface area contributed by atoms with Gasteiger partial charge in [-0.15, -0.1) is 21.5 Å². The summed E-state index contributed by atoms with van der Waals surface area (Å²) in [4.78, 5) is 13.8. The molecule has 1 aromatic carbocycles. The largest absolute Gasteiger partial charge is 0.325 e. The summed E-state index contributed by atoms with van der Waals surface area (Å²) >= 11 is 3.20. The molecule has 0 bridgehead atoms. The number of aromatic nitrogens is 3. The van der Waals surface area contributed by atoms with Crippen molar-refractivity contribution < 1.29 is 4.79 Å². The van der Waals surface area contributed by atoms with Crippen LogP contribution in [0.1, 0.15) is 41.8 Å². The van der Waals surface area contributed by atoms with Crippen molar-refractivity contribution in [3.05, 3.63) is 45.1 Å². The predicted molar refractivity (Wildman–Crippen MR) is 123 cm³/mol. The maximum atomic E-state index is 12.5. The van der Waals surface area contributed by atoms with E-state index in [1.165, 1.54) is 27.8 Å². The van der Waals surface area contributed by atoms with Crippen molar-refractivity contribution in [2.45, 2.75) is 59.2 Å². The molecule has 0 aliphatic carbocycles. The summed E-state index contributed by atoms with van der Waals surface area (Å²) in [5, 5.41) is 14.8. The lowest BCUT2D eigenvalue weighted by Crippen LogP contribution is -2.15. The lowest BCUT2D eigenvalue weighted by atomic mass is 10.1. The van der Waals surface area contributed by atoms with Crippen molar-refractivity contribution in [1.82, 2.24) is 14.8 Å². The van der Waals surface area contributed by atoms with Gasteiger partial charge in [0.25, 0.3) is 0 Å². The number of nitrogens with one attached hydrogen (secondary N) is 1. The quantitative estimate of drug-likeness (QED) is 0.472. The zero-order chi connectivity index (χ0) is 21.0. The second-order valence-electron chi connectivity index (χ2n) is 7.21. The zero-order valence-electron chi connectivity index (χ0n) is 17.7. The van der Waals surface area contributed by atoms with Gasteiger partial charge in [0.15, 0.2) is 11.0 Å². The summed E-state index contributed by atoms with van der Waals surface area (Å²) < 4.78 is 2.15. The van der Waals surface area contributed by atoms with E-state index in [1.807, 2.05) is 26.0 Å². The van der Waals surface area contributed by atoms with E-state index >= 15 is 0 Å². The van der Waals surface area contributed by atoms with Gasteiger partial charge in [0.2, 0.25) is 5.91 Å². The van der Waals surface area contributed by atoms with E-state index in [4.69, 9.17) is 0 Å². The number of aryl methyl sites for hydroxylation is 3. The Labute approximate surface area is 180 Å². The molecule has 1 N–H and O–H groups in total. The number of amides is 1. The highest BCUT2D eigenvalue weighted by Gasteiger charge is 2.19. The molecule has 154 valence electrons. The molecule has 1 amide bonds. The molecule has 29 heavy (non-hydrogen) atoms. The lowest BCUT2D eigenvalue weighted by Gasteiger charge is -2.10. The summed E-state index contributed by atoms with van der Waals surface area (Å²) in [6.07, 6.45) is 1.96. The number of carbonyl (C=O) groups excluding carboxylic acids is 1. The van der Waals surface area contributed by atoms with E-state index in [1.54, 1.807) is 11.3 Å². The highest BCUT2D eigenvalue weighted by atomic mass is 32.2. The molecule has 0 saturated heterocycles. The van der Waals surface area contributed by atoms with Gasteiger partial charge in [-0.05, 0) is 62.4 Å². The van der Waals surface area contributed by atoms with E-state index < -0.39 is 0 Å². The van der Waals surface area contributed by atoms with Gasteiger partial charge in [0.1, 0.15) is 0 Å². The molecule has 0 fully saturated rings. The third-order valence-corrected chi connectivity index (χ3v) is 6.62. The third-order valence-electron chi connectivity index (χ3n) is 4.70. The predicted octanol–water partition coefficient (Wildman–Crippen LogP) is 5.64.